The smallest absolute Gasteiger partial charge is 0.341 e. The zero-order valence-electron chi connectivity index (χ0n) is 20.1. The number of aryl methyl sites for hydroxylation is 2. The SMILES string of the molecule is C=CCn1c(SCC(=O)Nc2sc(-c3ccccc3)cc2C(=O)OCC)nc2sc(C)c(C)c2c1=O. The average molecular weight is 540 g/mol. The van der Waals surface area contributed by atoms with E-state index in [0.717, 1.165) is 20.9 Å². The fourth-order valence-corrected chi connectivity index (χ4v) is 6.54. The van der Waals surface area contributed by atoms with Crippen LogP contribution in [0.4, 0.5) is 5.00 Å². The first kappa shape index (κ1) is 25.9. The predicted octanol–water partition coefficient (Wildman–Crippen LogP) is 5.90. The fraction of sp³-hybridized carbons (Fsp3) is 0.231. The topological polar surface area (TPSA) is 90.3 Å². The van der Waals surface area contributed by atoms with E-state index in [1.807, 2.05) is 44.2 Å². The van der Waals surface area contributed by atoms with Gasteiger partial charge < -0.3 is 10.1 Å². The molecule has 3 aromatic heterocycles. The number of hydrogen-bond donors (Lipinski definition) is 1. The molecule has 10 heteroatoms. The van der Waals surface area contributed by atoms with E-state index in [0.29, 0.717) is 32.5 Å². The van der Waals surface area contributed by atoms with Crippen LogP contribution in [0.15, 0.2) is 59.0 Å². The molecule has 0 spiro atoms. The number of rotatable bonds is 9. The third-order valence-electron chi connectivity index (χ3n) is 5.44. The van der Waals surface area contributed by atoms with E-state index in [9.17, 15) is 14.4 Å². The highest BCUT2D eigenvalue weighted by Gasteiger charge is 2.21. The van der Waals surface area contributed by atoms with Gasteiger partial charge in [0.2, 0.25) is 5.91 Å². The molecule has 0 saturated carbocycles. The van der Waals surface area contributed by atoms with E-state index in [1.54, 1.807) is 19.1 Å². The van der Waals surface area contributed by atoms with Crippen LogP contribution >= 0.6 is 34.4 Å². The fourth-order valence-electron chi connectivity index (χ4n) is 3.59. The van der Waals surface area contributed by atoms with Crippen LogP contribution < -0.4 is 10.9 Å². The van der Waals surface area contributed by atoms with Crippen LogP contribution in [-0.4, -0.2) is 33.8 Å². The number of allylic oxidation sites excluding steroid dienone is 1. The van der Waals surface area contributed by atoms with Gasteiger partial charge in [0, 0.05) is 16.3 Å². The second-order valence-electron chi connectivity index (χ2n) is 7.84. The minimum absolute atomic E-state index is 0.0132. The molecule has 1 amide bonds. The van der Waals surface area contributed by atoms with Crippen LogP contribution in [0, 0.1) is 13.8 Å². The lowest BCUT2D eigenvalue weighted by atomic mass is 10.1. The molecule has 0 aliphatic rings. The lowest BCUT2D eigenvalue weighted by Crippen LogP contribution is -2.23. The van der Waals surface area contributed by atoms with Crippen molar-refractivity contribution in [3.05, 3.63) is 75.4 Å². The monoisotopic (exact) mass is 539 g/mol. The molecule has 4 aromatic rings. The number of aromatic nitrogens is 2. The van der Waals surface area contributed by atoms with Crippen molar-refractivity contribution >= 4 is 61.5 Å². The summed E-state index contributed by atoms with van der Waals surface area (Å²) in [6.07, 6.45) is 1.63. The van der Waals surface area contributed by atoms with E-state index >= 15 is 0 Å². The molecule has 1 aromatic carbocycles. The molecule has 0 atom stereocenters. The number of carbonyl (C=O) groups excluding carboxylic acids is 2. The Labute approximate surface area is 220 Å². The molecule has 4 rings (SSSR count). The molecular formula is C26H25N3O4S3. The maximum absolute atomic E-state index is 13.1. The van der Waals surface area contributed by atoms with Gasteiger partial charge in [-0.1, -0.05) is 48.2 Å². The molecule has 7 nitrogen and oxygen atoms in total. The molecule has 1 N–H and O–H groups in total. The first-order valence-corrected chi connectivity index (χ1v) is 13.9. The summed E-state index contributed by atoms with van der Waals surface area (Å²) in [5.74, 6) is -0.793. The molecular weight excluding hydrogens is 515 g/mol. The van der Waals surface area contributed by atoms with Crippen molar-refractivity contribution in [2.75, 3.05) is 17.7 Å². The highest BCUT2D eigenvalue weighted by molar-refractivity contribution is 7.99. The van der Waals surface area contributed by atoms with Gasteiger partial charge in [-0.15, -0.1) is 29.3 Å². The summed E-state index contributed by atoms with van der Waals surface area (Å²) in [6.45, 7) is 9.89. The normalized spacial score (nSPS) is 11.0. The van der Waals surface area contributed by atoms with Crippen molar-refractivity contribution in [1.82, 2.24) is 9.55 Å². The van der Waals surface area contributed by atoms with Crippen molar-refractivity contribution in [2.45, 2.75) is 32.5 Å². The average Bonchev–Trinajstić information content (AvgIpc) is 3.41. The molecule has 0 bridgehead atoms. The van der Waals surface area contributed by atoms with Gasteiger partial charge >= 0.3 is 5.97 Å². The maximum atomic E-state index is 13.1. The third-order valence-corrected chi connectivity index (χ3v) is 8.61. The number of thioether (sulfide) groups is 1. The summed E-state index contributed by atoms with van der Waals surface area (Å²) in [7, 11) is 0. The van der Waals surface area contributed by atoms with Gasteiger partial charge in [0.15, 0.2) is 5.16 Å². The van der Waals surface area contributed by atoms with Gasteiger partial charge in [0.25, 0.3) is 5.56 Å². The molecule has 0 unspecified atom stereocenters. The van der Waals surface area contributed by atoms with E-state index in [-0.39, 0.29) is 23.8 Å². The van der Waals surface area contributed by atoms with Crippen LogP contribution in [0.25, 0.3) is 20.7 Å². The van der Waals surface area contributed by atoms with Crippen molar-refractivity contribution in [2.24, 2.45) is 0 Å². The highest BCUT2D eigenvalue weighted by atomic mass is 32.2. The Hall–Kier alpha value is -3.21. The number of amides is 1. The number of hydrogen-bond acceptors (Lipinski definition) is 8. The molecule has 186 valence electrons. The number of fused-ring (bicyclic) bond motifs is 1. The quantitative estimate of drug-likeness (QED) is 0.123. The van der Waals surface area contributed by atoms with Crippen LogP contribution in [0.2, 0.25) is 0 Å². The lowest BCUT2D eigenvalue weighted by Gasteiger charge is -2.10. The maximum Gasteiger partial charge on any atom is 0.341 e. The van der Waals surface area contributed by atoms with E-state index in [2.05, 4.69) is 16.9 Å². The summed E-state index contributed by atoms with van der Waals surface area (Å²) in [4.78, 5) is 45.8. The summed E-state index contributed by atoms with van der Waals surface area (Å²) < 4.78 is 6.73. The Morgan fingerprint density at radius 2 is 1.97 bits per heavy atom. The number of nitrogens with zero attached hydrogens (tertiary/aromatic N) is 2. The Morgan fingerprint density at radius 3 is 2.67 bits per heavy atom. The summed E-state index contributed by atoms with van der Waals surface area (Å²) in [5, 5.41) is 4.34. The minimum atomic E-state index is -0.491. The van der Waals surface area contributed by atoms with E-state index in [1.165, 1.54) is 39.0 Å². The van der Waals surface area contributed by atoms with Gasteiger partial charge in [0.05, 0.1) is 23.3 Å². The van der Waals surface area contributed by atoms with E-state index in [4.69, 9.17) is 4.74 Å². The molecule has 0 radical (unpaired) electrons. The zero-order chi connectivity index (χ0) is 25.8. The van der Waals surface area contributed by atoms with Gasteiger partial charge in [-0.05, 0) is 38.0 Å². The molecule has 36 heavy (non-hydrogen) atoms. The van der Waals surface area contributed by atoms with Crippen molar-refractivity contribution in [3.8, 4) is 10.4 Å². The van der Waals surface area contributed by atoms with Gasteiger partial charge in [-0.25, -0.2) is 9.78 Å². The van der Waals surface area contributed by atoms with Crippen molar-refractivity contribution in [3.63, 3.8) is 0 Å². The number of carbonyl (C=O) groups is 2. The highest BCUT2D eigenvalue weighted by Crippen LogP contribution is 2.36. The zero-order valence-corrected chi connectivity index (χ0v) is 22.6. The first-order chi connectivity index (χ1) is 17.3. The van der Waals surface area contributed by atoms with Crippen LogP contribution in [0.1, 0.15) is 27.7 Å². The lowest BCUT2D eigenvalue weighted by molar-refractivity contribution is -0.113. The summed E-state index contributed by atoms with van der Waals surface area (Å²) in [6, 6.07) is 11.4. The summed E-state index contributed by atoms with van der Waals surface area (Å²) >= 11 is 3.95. The van der Waals surface area contributed by atoms with Gasteiger partial charge in [0.1, 0.15) is 9.83 Å². The molecule has 0 aliphatic carbocycles. The standard InChI is InChI=1S/C26H25N3O4S3/c1-5-12-29-24(31)21-15(3)16(4)35-23(21)28-26(29)34-14-20(30)27-22-18(25(32)33-6-2)13-19(36-22)17-10-8-7-9-11-17/h5,7-11,13H,1,6,12,14H2,2-4H3,(H,27,30). The second kappa shape index (κ2) is 11.2. The van der Waals surface area contributed by atoms with Gasteiger partial charge in [-0.2, -0.15) is 0 Å². The van der Waals surface area contributed by atoms with Crippen LogP contribution in [0.5, 0.6) is 0 Å². The number of thiophene rings is 2. The van der Waals surface area contributed by atoms with E-state index < -0.39 is 5.97 Å². The number of ether oxygens (including phenoxy) is 1. The van der Waals surface area contributed by atoms with Crippen LogP contribution in [-0.2, 0) is 16.1 Å². The minimum Gasteiger partial charge on any atom is -0.462 e. The first-order valence-electron chi connectivity index (χ1n) is 11.2. The number of benzene rings is 1. The van der Waals surface area contributed by atoms with Crippen molar-refractivity contribution in [1.29, 1.82) is 0 Å². The summed E-state index contributed by atoms with van der Waals surface area (Å²) in [5.41, 5.74) is 2.04. The molecule has 3 heterocycles. The number of nitrogens with one attached hydrogen (secondary N) is 1. The van der Waals surface area contributed by atoms with Crippen LogP contribution in [0.3, 0.4) is 0 Å². The Balaban J connectivity index is 1.58. The molecule has 0 saturated heterocycles. The number of anilines is 1. The number of esters is 1. The predicted molar refractivity (Wildman–Crippen MR) is 149 cm³/mol. The Kier molecular flexibility index (Phi) is 8.07. The largest absolute Gasteiger partial charge is 0.462 e. The molecule has 0 fully saturated rings. The third kappa shape index (κ3) is 5.30. The van der Waals surface area contributed by atoms with Gasteiger partial charge in [-0.3, -0.25) is 14.2 Å². The van der Waals surface area contributed by atoms with Crippen molar-refractivity contribution < 1.29 is 14.3 Å². The molecule has 0 aliphatic heterocycles. The Morgan fingerprint density at radius 1 is 1.22 bits per heavy atom. The second-order valence-corrected chi connectivity index (χ2v) is 11.0. The Bertz CT molecular complexity index is 1500.